The summed E-state index contributed by atoms with van der Waals surface area (Å²) in [5.74, 6) is -0.119. The molecule has 0 atom stereocenters. The Bertz CT molecular complexity index is 635. The third-order valence-electron chi connectivity index (χ3n) is 4.29. The molecule has 0 saturated carbocycles. The number of hydrogen-bond donors (Lipinski definition) is 2. The van der Waals surface area contributed by atoms with E-state index in [-0.39, 0.29) is 24.2 Å². The summed E-state index contributed by atoms with van der Waals surface area (Å²) in [6.07, 6.45) is 1.10. The monoisotopic (exact) mass is 405 g/mol. The summed E-state index contributed by atoms with van der Waals surface area (Å²) >= 11 is 0. The number of nitrogens with zero attached hydrogens (tertiary/aromatic N) is 1. The van der Waals surface area contributed by atoms with Gasteiger partial charge in [-0.1, -0.05) is 18.2 Å². The van der Waals surface area contributed by atoms with Gasteiger partial charge >= 0.3 is 0 Å². The fraction of sp³-hybridized carbons (Fsp3) is 0.588. The molecule has 9 heteroatoms. The number of piperidine rings is 1. The molecule has 148 valence electrons. The van der Waals surface area contributed by atoms with Gasteiger partial charge in [-0.3, -0.25) is 4.79 Å². The van der Waals surface area contributed by atoms with Gasteiger partial charge in [-0.25, -0.2) is 8.42 Å². The molecule has 1 amide bonds. The number of hydrogen-bond acceptors (Lipinski definition) is 5. The number of carbonyl (C=O) groups excluding carboxylic acids is 1. The summed E-state index contributed by atoms with van der Waals surface area (Å²) in [4.78, 5) is 12.5. The van der Waals surface area contributed by atoms with Crippen molar-refractivity contribution < 1.29 is 17.9 Å². The fourth-order valence-corrected chi connectivity index (χ4v) is 4.31. The highest BCUT2D eigenvalue weighted by atomic mass is 35.5. The first-order valence-corrected chi connectivity index (χ1v) is 10.0. The van der Waals surface area contributed by atoms with E-state index in [1.807, 2.05) is 0 Å². The second-order valence-electron chi connectivity index (χ2n) is 6.03. The van der Waals surface area contributed by atoms with Crippen molar-refractivity contribution in [3.63, 3.8) is 0 Å². The molecule has 2 rings (SSSR count). The Morgan fingerprint density at radius 3 is 2.42 bits per heavy atom. The van der Waals surface area contributed by atoms with E-state index >= 15 is 0 Å². The van der Waals surface area contributed by atoms with Gasteiger partial charge in [0.15, 0.2) is 0 Å². The molecule has 1 aromatic rings. The summed E-state index contributed by atoms with van der Waals surface area (Å²) < 4.78 is 31.5. The maximum atomic E-state index is 12.6. The Kier molecular flexibility index (Phi) is 10.1. The highest BCUT2D eigenvalue weighted by molar-refractivity contribution is 7.89. The van der Waals surface area contributed by atoms with Crippen LogP contribution < -0.4 is 10.6 Å². The van der Waals surface area contributed by atoms with E-state index in [2.05, 4.69) is 10.6 Å². The van der Waals surface area contributed by atoms with Crippen molar-refractivity contribution >= 4 is 28.3 Å². The van der Waals surface area contributed by atoms with Crippen LogP contribution in [0.4, 0.5) is 0 Å². The number of amides is 1. The van der Waals surface area contributed by atoms with Gasteiger partial charge in [0.05, 0.1) is 11.5 Å². The Morgan fingerprint density at radius 1 is 1.15 bits per heavy atom. The van der Waals surface area contributed by atoms with E-state index in [1.165, 1.54) is 4.31 Å². The van der Waals surface area contributed by atoms with Gasteiger partial charge in [-0.15, -0.1) is 12.4 Å². The van der Waals surface area contributed by atoms with Gasteiger partial charge in [0.1, 0.15) is 0 Å². The topological polar surface area (TPSA) is 87.7 Å². The van der Waals surface area contributed by atoms with Crippen LogP contribution in [0.2, 0.25) is 0 Å². The Labute approximate surface area is 161 Å². The Morgan fingerprint density at radius 2 is 1.81 bits per heavy atom. The highest BCUT2D eigenvalue weighted by Gasteiger charge is 2.31. The molecule has 1 aliphatic rings. The lowest BCUT2D eigenvalue weighted by Gasteiger charge is -2.30. The molecule has 1 fully saturated rings. The molecule has 1 heterocycles. The van der Waals surface area contributed by atoms with E-state index in [0.29, 0.717) is 50.5 Å². The van der Waals surface area contributed by atoms with Crippen LogP contribution in [-0.2, 0) is 19.6 Å². The first-order valence-electron chi connectivity index (χ1n) is 8.58. The highest BCUT2D eigenvalue weighted by Crippen LogP contribution is 2.23. The molecule has 0 bridgehead atoms. The van der Waals surface area contributed by atoms with E-state index in [0.717, 1.165) is 6.54 Å². The molecule has 0 aromatic heterocycles. The number of sulfonamides is 1. The molecule has 2 N–H and O–H groups in total. The molecule has 0 spiro atoms. The summed E-state index contributed by atoms with van der Waals surface area (Å²) in [5, 5.41) is 6.07. The third kappa shape index (κ3) is 6.51. The van der Waals surface area contributed by atoms with Crippen molar-refractivity contribution in [2.45, 2.75) is 17.7 Å². The van der Waals surface area contributed by atoms with Crippen molar-refractivity contribution in [2.24, 2.45) is 5.92 Å². The molecule has 7 nitrogen and oxygen atoms in total. The quantitative estimate of drug-likeness (QED) is 0.595. The number of ether oxygens (including phenoxy) is 1. The third-order valence-corrected chi connectivity index (χ3v) is 6.20. The van der Waals surface area contributed by atoms with E-state index in [9.17, 15) is 13.2 Å². The summed E-state index contributed by atoms with van der Waals surface area (Å²) in [7, 11) is -1.81. The minimum atomic E-state index is -3.46. The Balaban J connectivity index is 0.00000338. The predicted molar refractivity (Wildman–Crippen MR) is 103 cm³/mol. The average Bonchev–Trinajstić information content (AvgIpc) is 2.65. The number of nitrogens with one attached hydrogen (secondary N) is 2. The van der Waals surface area contributed by atoms with Gasteiger partial charge in [0.25, 0.3) is 0 Å². The maximum Gasteiger partial charge on any atom is 0.243 e. The number of halogens is 1. The first kappa shape index (κ1) is 22.9. The molecule has 1 aromatic carbocycles. The minimum Gasteiger partial charge on any atom is -0.383 e. The zero-order valence-corrected chi connectivity index (χ0v) is 16.7. The minimum absolute atomic E-state index is 0. The lowest BCUT2D eigenvalue weighted by Crippen LogP contribution is -2.44. The van der Waals surface area contributed by atoms with Crippen LogP contribution in [0.5, 0.6) is 0 Å². The van der Waals surface area contributed by atoms with Gasteiger partial charge < -0.3 is 15.4 Å². The number of carbonyl (C=O) groups is 1. The van der Waals surface area contributed by atoms with Crippen molar-refractivity contribution in [3.05, 3.63) is 30.3 Å². The molecule has 0 radical (unpaired) electrons. The van der Waals surface area contributed by atoms with Gasteiger partial charge in [-0.2, -0.15) is 4.31 Å². The SMILES string of the molecule is COCCNCCNC(=O)C1CCN(S(=O)(=O)c2ccccc2)CC1.Cl. The standard InChI is InChI=1S/C17H27N3O4S.ClH/c1-24-14-11-18-9-10-19-17(21)15-7-12-20(13-8-15)25(22,23)16-5-3-2-4-6-16;/h2-6,15,18H,7-14H2,1H3,(H,19,21);1H. The van der Waals surface area contributed by atoms with Gasteiger partial charge in [0, 0.05) is 45.8 Å². The largest absolute Gasteiger partial charge is 0.383 e. The molecular formula is C17H28ClN3O4S. The summed E-state index contributed by atoms with van der Waals surface area (Å²) in [6, 6.07) is 8.43. The van der Waals surface area contributed by atoms with E-state index in [1.54, 1.807) is 37.4 Å². The van der Waals surface area contributed by atoms with Crippen LogP contribution in [0, 0.1) is 5.92 Å². The van der Waals surface area contributed by atoms with Crippen LogP contribution in [0.25, 0.3) is 0 Å². The molecule has 1 saturated heterocycles. The van der Waals surface area contributed by atoms with Crippen LogP contribution in [0.1, 0.15) is 12.8 Å². The summed E-state index contributed by atoms with van der Waals surface area (Å²) in [5.41, 5.74) is 0. The van der Waals surface area contributed by atoms with Crippen molar-refractivity contribution in [3.8, 4) is 0 Å². The van der Waals surface area contributed by atoms with E-state index in [4.69, 9.17) is 4.74 Å². The zero-order chi connectivity index (χ0) is 18.1. The second kappa shape index (κ2) is 11.5. The molecular weight excluding hydrogens is 378 g/mol. The predicted octanol–water partition coefficient (Wildman–Crippen LogP) is 0.861. The number of methoxy groups -OCH3 is 1. The first-order chi connectivity index (χ1) is 12.1. The van der Waals surface area contributed by atoms with Crippen molar-refractivity contribution in [1.29, 1.82) is 0 Å². The fourth-order valence-electron chi connectivity index (χ4n) is 2.82. The van der Waals surface area contributed by atoms with E-state index < -0.39 is 10.0 Å². The normalized spacial score (nSPS) is 16.0. The van der Waals surface area contributed by atoms with Crippen molar-refractivity contribution in [1.82, 2.24) is 14.9 Å². The van der Waals surface area contributed by atoms with Crippen molar-refractivity contribution in [2.75, 3.05) is 46.4 Å². The van der Waals surface area contributed by atoms with Crippen LogP contribution in [0.15, 0.2) is 35.2 Å². The molecule has 26 heavy (non-hydrogen) atoms. The second-order valence-corrected chi connectivity index (χ2v) is 7.96. The summed E-state index contributed by atoms with van der Waals surface area (Å²) in [6.45, 7) is 3.40. The lowest BCUT2D eigenvalue weighted by molar-refractivity contribution is -0.126. The smallest absolute Gasteiger partial charge is 0.243 e. The number of rotatable bonds is 9. The molecule has 1 aliphatic heterocycles. The maximum absolute atomic E-state index is 12.6. The van der Waals surface area contributed by atoms with Gasteiger partial charge in [-0.05, 0) is 25.0 Å². The Hall–Kier alpha value is -1.19. The molecule has 0 aliphatic carbocycles. The number of benzene rings is 1. The van der Waals surface area contributed by atoms with Gasteiger partial charge in [0.2, 0.25) is 15.9 Å². The van der Waals surface area contributed by atoms with Crippen LogP contribution in [0.3, 0.4) is 0 Å². The lowest BCUT2D eigenvalue weighted by atomic mass is 9.97. The van der Waals surface area contributed by atoms with Crippen LogP contribution >= 0.6 is 12.4 Å². The van der Waals surface area contributed by atoms with Crippen LogP contribution in [-0.4, -0.2) is 65.1 Å². The zero-order valence-electron chi connectivity index (χ0n) is 15.0. The average molecular weight is 406 g/mol. The molecule has 0 unspecified atom stereocenters.